The maximum Gasteiger partial charge on any atom is 0.330 e. The maximum absolute atomic E-state index is 11.6. The van der Waals surface area contributed by atoms with E-state index in [1.165, 1.54) is 16.8 Å². The number of ether oxygens (including phenoxy) is 1. The van der Waals surface area contributed by atoms with Crippen LogP contribution in [0.2, 0.25) is 0 Å². The lowest BCUT2D eigenvalue weighted by Crippen LogP contribution is -2.34. The summed E-state index contributed by atoms with van der Waals surface area (Å²) >= 11 is 0. The molecule has 1 aliphatic heterocycles. The Morgan fingerprint density at radius 3 is 3.06 bits per heavy atom. The third-order valence-electron chi connectivity index (χ3n) is 2.80. The van der Waals surface area contributed by atoms with Crippen molar-refractivity contribution in [1.82, 2.24) is 15.0 Å². The molecule has 1 fully saturated rings. The molecule has 1 aromatic heterocycles. The average Bonchev–Trinajstić information content (AvgIpc) is 2.72. The van der Waals surface area contributed by atoms with E-state index in [2.05, 4.69) is 15.6 Å². The summed E-state index contributed by atoms with van der Waals surface area (Å²) in [5, 5.41) is 11.9. The van der Waals surface area contributed by atoms with Gasteiger partial charge in [-0.1, -0.05) is 0 Å². The van der Waals surface area contributed by atoms with Crippen LogP contribution in [-0.4, -0.2) is 33.4 Å². The third kappa shape index (κ3) is 2.31. The zero-order chi connectivity index (χ0) is 13.1. The van der Waals surface area contributed by atoms with Gasteiger partial charge in [-0.2, -0.15) is 0 Å². The number of H-pyrrole nitrogens is 1. The van der Waals surface area contributed by atoms with Crippen LogP contribution < -0.4 is 16.7 Å². The van der Waals surface area contributed by atoms with Gasteiger partial charge < -0.3 is 20.8 Å². The topological polar surface area (TPSA) is 131 Å². The number of hydrogen-bond acceptors (Lipinski definition) is 5. The Balaban J connectivity index is 2.23. The summed E-state index contributed by atoms with van der Waals surface area (Å²) in [6.07, 6.45) is 0.412. The molecule has 9 heteroatoms. The first-order valence-corrected chi connectivity index (χ1v) is 5.33. The number of nitrogens with zero attached hydrogens (tertiary/aromatic N) is 3. The SMILES string of the molecule is [N-]=NNC1CC(n2ccc(=O)[nH]c2=O)OC1CO. The molecule has 0 radical (unpaired) electrons. The number of aromatic amines is 1. The molecule has 1 aromatic rings. The fraction of sp³-hybridized carbons (Fsp3) is 0.556. The molecular weight excluding hydrogens is 242 g/mol. The van der Waals surface area contributed by atoms with Crippen LogP contribution in [0.25, 0.3) is 5.53 Å². The molecule has 0 spiro atoms. The number of aliphatic hydroxyl groups is 1. The molecule has 98 valence electrons. The smallest absolute Gasteiger partial charge is 0.330 e. The lowest BCUT2D eigenvalue weighted by molar-refractivity contribution is -0.0290. The van der Waals surface area contributed by atoms with Crippen molar-refractivity contribution in [2.75, 3.05) is 6.61 Å². The summed E-state index contributed by atoms with van der Waals surface area (Å²) in [6, 6.07) is 0.791. The van der Waals surface area contributed by atoms with Crippen molar-refractivity contribution in [3.63, 3.8) is 0 Å². The van der Waals surface area contributed by atoms with Crippen molar-refractivity contribution >= 4 is 0 Å². The molecule has 0 bridgehead atoms. The van der Waals surface area contributed by atoms with E-state index in [9.17, 15) is 9.59 Å². The first-order valence-electron chi connectivity index (χ1n) is 5.33. The highest BCUT2D eigenvalue weighted by Gasteiger charge is 2.33. The summed E-state index contributed by atoms with van der Waals surface area (Å²) in [7, 11) is 0. The van der Waals surface area contributed by atoms with Crippen LogP contribution >= 0.6 is 0 Å². The minimum Gasteiger partial charge on any atom is -0.408 e. The van der Waals surface area contributed by atoms with E-state index in [-0.39, 0.29) is 6.61 Å². The van der Waals surface area contributed by atoms with Crippen LogP contribution in [-0.2, 0) is 4.74 Å². The van der Waals surface area contributed by atoms with Gasteiger partial charge >= 0.3 is 5.69 Å². The lowest BCUT2D eigenvalue weighted by atomic mass is 10.1. The van der Waals surface area contributed by atoms with Crippen LogP contribution in [0.15, 0.2) is 27.1 Å². The number of aliphatic hydroxyl groups excluding tert-OH is 1. The molecule has 3 unspecified atom stereocenters. The summed E-state index contributed by atoms with van der Waals surface area (Å²) in [6.45, 7) is -0.276. The standard InChI is InChI=1S/C9H12N5O4/c10-13-12-5-3-8(18-6(5)4-15)14-2-1-7(16)11-9(14)17/h1-2,5-6,8,15H,3-4H2,(H2-,10,11,12,16,17)/q-1. The van der Waals surface area contributed by atoms with Crippen molar-refractivity contribution in [3.8, 4) is 0 Å². The lowest BCUT2D eigenvalue weighted by Gasteiger charge is -2.19. The summed E-state index contributed by atoms with van der Waals surface area (Å²) < 4.78 is 6.65. The van der Waals surface area contributed by atoms with Gasteiger partial charge in [0, 0.05) is 18.3 Å². The molecule has 0 aliphatic carbocycles. The molecule has 1 saturated heterocycles. The zero-order valence-electron chi connectivity index (χ0n) is 9.31. The van der Waals surface area contributed by atoms with Crippen LogP contribution in [0.4, 0.5) is 0 Å². The highest BCUT2D eigenvalue weighted by molar-refractivity contribution is 4.90. The van der Waals surface area contributed by atoms with E-state index >= 15 is 0 Å². The largest absolute Gasteiger partial charge is 0.408 e. The molecule has 1 aliphatic rings. The predicted octanol–water partition coefficient (Wildman–Crippen LogP) is -1.29. The molecule has 0 aromatic carbocycles. The summed E-state index contributed by atoms with van der Waals surface area (Å²) in [4.78, 5) is 24.6. The van der Waals surface area contributed by atoms with Crippen molar-refractivity contribution in [2.45, 2.75) is 24.8 Å². The van der Waals surface area contributed by atoms with Crippen molar-refractivity contribution in [3.05, 3.63) is 38.6 Å². The first-order chi connectivity index (χ1) is 8.65. The fourth-order valence-electron chi connectivity index (χ4n) is 1.93. The monoisotopic (exact) mass is 254 g/mol. The van der Waals surface area contributed by atoms with Gasteiger partial charge in [-0.3, -0.25) is 19.6 Å². The predicted molar refractivity (Wildman–Crippen MR) is 59.6 cm³/mol. The molecule has 3 N–H and O–H groups in total. The maximum atomic E-state index is 11.6. The molecule has 18 heavy (non-hydrogen) atoms. The van der Waals surface area contributed by atoms with Gasteiger partial charge in [-0.05, 0) is 6.42 Å². The Kier molecular flexibility index (Phi) is 3.53. The van der Waals surface area contributed by atoms with E-state index in [4.69, 9.17) is 15.4 Å². The number of hydrogen-bond donors (Lipinski definition) is 3. The zero-order valence-corrected chi connectivity index (χ0v) is 9.31. The van der Waals surface area contributed by atoms with E-state index in [0.29, 0.717) is 6.42 Å². The van der Waals surface area contributed by atoms with Gasteiger partial charge in [-0.15, -0.1) is 0 Å². The highest BCUT2D eigenvalue weighted by Crippen LogP contribution is 2.27. The van der Waals surface area contributed by atoms with Crippen LogP contribution in [0.3, 0.4) is 0 Å². The molecule has 2 heterocycles. The second-order valence-corrected chi connectivity index (χ2v) is 3.90. The molecule has 0 saturated carbocycles. The Hall–Kier alpha value is -2.00. The van der Waals surface area contributed by atoms with E-state index < -0.39 is 29.6 Å². The van der Waals surface area contributed by atoms with Crippen LogP contribution in [0.1, 0.15) is 12.6 Å². The van der Waals surface area contributed by atoms with Crippen molar-refractivity contribution in [2.24, 2.45) is 5.22 Å². The van der Waals surface area contributed by atoms with Gasteiger partial charge in [0.1, 0.15) is 6.23 Å². The van der Waals surface area contributed by atoms with E-state index in [1.807, 2.05) is 0 Å². The summed E-state index contributed by atoms with van der Waals surface area (Å²) in [5.74, 6) is 0. The Labute approximate surface area is 101 Å². The van der Waals surface area contributed by atoms with Gasteiger partial charge in [0.2, 0.25) is 0 Å². The van der Waals surface area contributed by atoms with Gasteiger partial charge in [-0.25, -0.2) is 4.79 Å². The first kappa shape index (κ1) is 12.5. The molecule has 9 nitrogen and oxygen atoms in total. The fourth-order valence-corrected chi connectivity index (χ4v) is 1.93. The van der Waals surface area contributed by atoms with Crippen LogP contribution in [0.5, 0.6) is 0 Å². The van der Waals surface area contributed by atoms with Crippen molar-refractivity contribution in [1.29, 1.82) is 0 Å². The molecule has 0 amide bonds. The van der Waals surface area contributed by atoms with Crippen molar-refractivity contribution < 1.29 is 9.84 Å². The Morgan fingerprint density at radius 2 is 2.44 bits per heavy atom. The Morgan fingerprint density at radius 1 is 1.67 bits per heavy atom. The van der Waals surface area contributed by atoms with E-state index in [0.717, 1.165) is 0 Å². The Bertz CT molecular complexity index is 538. The second-order valence-electron chi connectivity index (χ2n) is 3.90. The normalized spacial score (nSPS) is 27.1. The molecular formula is C9H12N5O4-. The van der Waals surface area contributed by atoms with Gasteiger partial charge in [0.05, 0.1) is 12.7 Å². The highest BCUT2D eigenvalue weighted by atomic mass is 16.5. The average molecular weight is 254 g/mol. The quantitative estimate of drug-likeness (QED) is 0.454. The van der Waals surface area contributed by atoms with E-state index in [1.54, 1.807) is 0 Å². The number of rotatable bonds is 4. The number of aromatic nitrogens is 2. The molecule has 3 atom stereocenters. The summed E-state index contributed by atoms with van der Waals surface area (Å²) in [5.41, 5.74) is 9.75. The minimum atomic E-state index is -0.634. The van der Waals surface area contributed by atoms with Gasteiger partial charge in [0.15, 0.2) is 0 Å². The van der Waals surface area contributed by atoms with Crippen LogP contribution in [0, 0.1) is 0 Å². The third-order valence-corrected chi connectivity index (χ3v) is 2.80. The van der Waals surface area contributed by atoms with Gasteiger partial charge in [0.25, 0.3) is 5.56 Å². The number of nitrogens with one attached hydrogen (secondary N) is 2. The second kappa shape index (κ2) is 5.10. The molecule has 2 rings (SSSR count). The minimum absolute atomic E-state index is 0.276.